The van der Waals surface area contributed by atoms with Gasteiger partial charge in [0.15, 0.2) is 0 Å². The van der Waals surface area contributed by atoms with Crippen LogP contribution in [-0.2, 0) is 10.3 Å². The summed E-state index contributed by atoms with van der Waals surface area (Å²) in [5.74, 6) is -0.401. The molecular formula is C17H16N2O2. The molecule has 21 heavy (non-hydrogen) atoms. The number of para-hydroxylation sites is 1. The first-order valence-electron chi connectivity index (χ1n) is 6.79. The van der Waals surface area contributed by atoms with Crippen molar-refractivity contribution in [1.29, 1.82) is 0 Å². The van der Waals surface area contributed by atoms with Crippen molar-refractivity contribution < 1.29 is 9.59 Å². The molecule has 0 aliphatic carbocycles. The summed E-state index contributed by atoms with van der Waals surface area (Å²) in [5, 5.41) is 2.88. The molecular weight excluding hydrogens is 264 g/mol. The van der Waals surface area contributed by atoms with E-state index in [1.807, 2.05) is 36.4 Å². The summed E-state index contributed by atoms with van der Waals surface area (Å²) in [6.45, 7) is 1.74. The number of fused-ring (bicyclic) bond motifs is 1. The summed E-state index contributed by atoms with van der Waals surface area (Å²) < 4.78 is 0. The highest BCUT2D eigenvalue weighted by atomic mass is 16.2. The van der Waals surface area contributed by atoms with Gasteiger partial charge < -0.3 is 10.2 Å². The maximum absolute atomic E-state index is 12.9. The predicted octanol–water partition coefficient (Wildman–Crippen LogP) is 2.31. The summed E-state index contributed by atoms with van der Waals surface area (Å²) in [6.07, 6.45) is 0. The van der Waals surface area contributed by atoms with Crippen LogP contribution in [0.1, 0.15) is 22.8 Å². The monoisotopic (exact) mass is 280 g/mol. The van der Waals surface area contributed by atoms with E-state index in [4.69, 9.17) is 0 Å². The fraction of sp³-hybridized carbons (Fsp3) is 0.176. The van der Waals surface area contributed by atoms with Crippen LogP contribution in [0.25, 0.3) is 0 Å². The van der Waals surface area contributed by atoms with Gasteiger partial charge in [-0.15, -0.1) is 0 Å². The van der Waals surface area contributed by atoms with E-state index >= 15 is 0 Å². The molecule has 1 aliphatic heterocycles. The zero-order valence-corrected chi connectivity index (χ0v) is 12.0. The molecule has 0 fully saturated rings. The molecule has 4 heteroatoms. The Morgan fingerprint density at radius 1 is 0.952 bits per heavy atom. The molecule has 1 N–H and O–H groups in total. The number of anilines is 1. The molecule has 0 saturated carbocycles. The van der Waals surface area contributed by atoms with E-state index in [1.165, 1.54) is 0 Å². The topological polar surface area (TPSA) is 49.4 Å². The molecule has 1 unspecified atom stereocenters. The van der Waals surface area contributed by atoms with E-state index < -0.39 is 5.54 Å². The van der Waals surface area contributed by atoms with Crippen LogP contribution in [0.2, 0.25) is 0 Å². The highest BCUT2D eigenvalue weighted by Gasteiger charge is 2.42. The molecule has 1 atom stereocenters. The van der Waals surface area contributed by atoms with Gasteiger partial charge in [-0.3, -0.25) is 9.59 Å². The van der Waals surface area contributed by atoms with Gasteiger partial charge in [-0.05, 0) is 24.6 Å². The Labute approximate surface area is 123 Å². The molecule has 0 saturated heterocycles. The standard InChI is InChI=1S/C17H16N2O2/c1-17(12-8-4-3-5-9-12)16(21)19(2)14-11-7-6-10-13(14)15(20)18-17/h3-11H,1-2H3,(H,18,20). The van der Waals surface area contributed by atoms with E-state index in [1.54, 1.807) is 37.1 Å². The molecule has 0 bridgehead atoms. The molecule has 0 radical (unpaired) electrons. The number of nitrogens with zero attached hydrogens (tertiary/aromatic N) is 1. The number of benzene rings is 2. The van der Waals surface area contributed by atoms with Crippen LogP contribution in [0, 0.1) is 0 Å². The van der Waals surface area contributed by atoms with Crippen LogP contribution in [0.4, 0.5) is 5.69 Å². The molecule has 106 valence electrons. The second-order valence-electron chi connectivity index (χ2n) is 5.33. The number of likely N-dealkylation sites (N-methyl/N-ethyl adjacent to an activating group) is 1. The summed E-state index contributed by atoms with van der Waals surface area (Å²) >= 11 is 0. The van der Waals surface area contributed by atoms with Gasteiger partial charge in [0.1, 0.15) is 5.54 Å². The Morgan fingerprint density at radius 3 is 2.29 bits per heavy atom. The smallest absolute Gasteiger partial charge is 0.256 e. The molecule has 1 heterocycles. The lowest BCUT2D eigenvalue weighted by molar-refractivity contribution is -0.124. The highest BCUT2D eigenvalue weighted by Crippen LogP contribution is 2.31. The van der Waals surface area contributed by atoms with Gasteiger partial charge in [0, 0.05) is 7.05 Å². The van der Waals surface area contributed by atoms with E-state index in [9.17, 15) is 9.59 Å². The van der Waals surface area contributed by atoms with Crippen LogP contribution >= 0.6 is 0 Å². The fourth-order valence-electron chi connectivity index (χ4n) is 2.72. The van der Waals surface area contributed by atoms with Crippen LogP contribution in [0.3, 0.4) is 0 Å². The Morgan fingerprint density at radius 2 is 1.57 bits per heavy atom. The van der Waals surface area contributed by atoms with Crippen LogP contribution in [0.15, 0.2) is 54.6 Å². The predicted molar refractivity (Wildman–Crippen MR) is 81.1 cm³/mol. The molecule has 3 rings (SSSR count). The number of amides is 2. The third-order valence-electron chi connectivity index (χ3n) is 3.96. The summed E-state index contributed by atoms with van der Waals surface area (Å²) in [4.78, 5) is 26.9. The lowest BCUT2D eigenvalue weighted by Gasteiger charge is -2.31. The number of rotatable bonds is 1. The van der Waals surface area contributed by atoms with Gasteiger partial charge in [0.2, 0.25) is 0 Å². The third-order valence-corrected chi connectivity index (χ3v) is 3.96. The van der Waals surface area contributed by atoms with Crippen molar-refractivity contribution >= 4 is 17.5 Å². The average molecular weight is 280 g/mol. The SMILES string of the molecule is CN1C(=O)C(C)(c2ccccc2)NC(=O)c2ccccc21. The minimum Gasteiger partial charge on any atom is -0.334 e. The lowest BCUT2D eigenvalue weighted by Crippen LogP contribution is -2.52. The van der Waals surface area contributed by atoms with Crippen LogP contribution in [0.5, 0.6) is 0 Å². The zero-order valence-electron chi connectivity index (χ0n) is 12.0. The van der Waals surface area contributed by atoms with Crippen LogP contribution < -0.4 is 10.2 Å². The van der Waals surface area contributed by atoms with E-state index in [2.05, 4.69) is 5.32 Å². The first kappa shape index (κ1) is 13.4. The lowest BCUT2D eigenvalue weighted by atomic mass is 9.90. The van der Waals surface area contributed by atoms with Crippen LogP contribution in [-0.4, -0.2) is 18.9 Å². The average Bonchev–Trinajstić information content (AvgIpc) is 2.60. The van der Waals surface area contributed by atoms with Gasteiger partial charge in [0.05, 0.1) is 11.3 Å². The maximum Gasteiger partial charge on any atom is 0.256 e. The highest BCUT2D eigenvalue weighted by molar-refractivity contribution is 6.12. The number of carbonyl (C=O) groups is 2. The van der Waals surface area contributed by atoms with Crippen molar-refractivity contribution in [2.24, 2.45) is 0 Å². The maximum atomic E-state index is 12.9. The summed E-state index contributed by atoms with van der Waals surface area (Å²) in [5.41, 5.74) is 0.821. The van der Waals surface area contributed by atoms with Crippen molar-refractivity contribution in [3.8, 4) is 0 Å². The van der Waals surface area contributed by atoms with Crippen molar-refractivity contribution in [3.05, 3.63) is 65.7 Å². The number of hydrogen-bond donors (Lipinski definition) is 1. The van der Waals surface area contributed by atoms with E-state index in [-0.39, 0.29) is 11.8 Å². The molecule has 2 aromatic carbocycles. The molecule has 1 aliphatic rings. The Bertz CT molecular complexity index is 712. The number of hydrogen-bond acceptors (Lipinski definition) is 2. The number of nitrogens with one attached hydrogen (secondary N) is 1. The Kier molecular flexibility index (Phi) is 3.01. The van der Waals surface area contributed by atoms with E-state index in [0.717, 1.165) is 5.56 Å². The fourth-order valence-corrected chi connectivity index (χ4v) is 2.72. The van der Waals surface area contributed by atoms with Gasteiger partial charge in [-0.25, -0.2) is 0 Å². The Hall–Kier alpha value is -2.62. The second kappa shape index (κ2) is 4.74. The zero-order chi connectivity index (χ0) is 15.0. The van der Waals surface area contributed by atoms with Gasteiger partial charge in [0.25, 0.3) is 11.8 Å². The largest absolute Gasteiger partial charge is 0.334 e. The van der Waals surface area contributed by atoms with Gasteiger partial charge >= 0.3 is 0 Å². The van der Waals surface area contributed by atoms with Gasteiger partial charge in [-0.1, -0.05) is 42.5 Å². The Balaban J connectivity index is 2.16. The quantitative estimate of drug-likeness (QED) is 0.871. The minimum atomic E-state index is -1.08. The summed E-state index contributed by atoms with van der Waals surface area (Å²) in [6, 6.07) is 16.4. The van der Waals surface area contributed by atoms with Crippen molar-refractivity contribution in [2.45, 2.75) is 12.5 Å². The van der Waals surface area contributed by atoms with Crippen molar-refractivity contribution in [3.63, 3.8) is 0 Å². The number of carbonyl (C=O) groups excluding carboxylic acids is 2. The normalized spacial score (nSPS) is 21.5. The first-order valence-corrected chi connectivity index (χ1v) is 6.79. The molecule has 0 spiro atoms. The first-order chi connectivity index (χ1) is 10.0. The minimum absolute atomic E-state index is 0.160. The molecule has 0 aromatic heterocycles. The van der Waals surface area contributed by atoms with Crippen molar-refractivity contribution in [1.82, 2.24) is 5.32 Å². The molecule has 2 aromatic rings. The summed E-state index contributed by atoms with van der Waals surface area (Å²) in [7, 11) is 1.70. The van der Waals surface area contributed by atoms with Gasteiger partial charge in [-0.2, -0.15) is 0 Å². The molecule has 4 nitrogen and oxygen atoms in total. The molecule has 2 amide bonds. The van der Waals surface area contributed by atoms with Crippen molar-refractivity contribution in [2.75, 3.05) is 11.9 Å². The third kappa shape index (κ3) is 2.00. The van der Waals surface area contributed by atoms with E-state index in [0.29, 0.717) is 11.3 Å². The second-order valence-corrected chi connectivity index (χ2v) is 5.33.